The highest BCUT2D eigenvalue weighted by molar-refractivity contribution is 5.95. The Morgan fingerprint density at radius 1 is 1.23 bits per heavy atom. The van der Waals surface area contributed by atoms with E-state index in [1.807, 2.05) is 0 Å². The molecule has 0 aliphatic rings. The van der Waals surface area contributed by atoms with Crippen LogP contribution in [0.15, 0.2) is 24.3 Å². The average Bonchev–Trinajstić information content (AvgIpc) is 2.43. The molecule has 7 N–H and O–H groups in total. The highest BCUT2D eigenvalue weighted by atomic mass is 16.4. The van der Waals surface area contributed by atoms with Crippen LogP contribution in [0.1, 0.15) is 18.4 Å². The molecule has 22 heavy (non-hydrogen) atoms. The number of amides is 1. The number of hydrogen-bond donors (Lipinski definition) is 5. The van der Waals surface area contributed by atoms with Crippen LogP contribution in [0.5, 0.6) is 0 Å². The van der Waals surface area contributed by atoms with E-state index in [4.69, 9.17) is 21.7 Å². The maximum absolute atomic E-state index is 11.7. The molecule has 8 heteroatoms. The quantitative estimate of drug-likeness (QED) is 0.358. The summed E-state index contributed by atoms with van der Waals surface area (Å²) in [5.41, 5.74) is 12.7. The molecule has 8 nitrogen and oxygen atoms in total. The second-order valence-corrected chi connectivity index (χ2v) is 4.55. The van der Waals surface area contributed by atoms with Gasteiger partial charge < -0.3 is 27.0 Å². The molecule has 0 aromatic heterocycles. The average molecular weight is 307 g/mol. The number of anilines is 2. The Labute approximate surface area is 126 Å². The molecule has 1 atom stereocenters. The zero-order valence-corrected chi connectivity index (χ0v) is 11.7. The van der Waals surface area contributed by atoms with E-state index in [1.165, 1.54) is 6.08 Å². The van der Waals surface area contributed by atoms with Gasteiger partial charge in [-0.2, -0.15) is 0 Å². The van der Waals surface area contributed by atoms with Crippen molar-refractivity contribution in [1.82, 2.24) is 5.32 Å². The van der Waals surface area contributed by atoms with Gasteiger partial charge in [-0.05, 0) is 36.3 Å². The van der Waals surface area contributed by atoms with Gasteiger partial charge in [0.1, 0.15) is 6.04 Å². The van der Waals surface area contributed by atoms with E-state index in [0.29, 0.717) is 16.9 Å². The molecule has 0 saturated heterocycles. The smallest absolute Gasteiger partial charge is 0.326 e. The van der Waals surface area contributed by atoms with Crippen LogP contribution in [0.3, 0.4) is 0 Å². The second-order valence-electron chi connectivity index (χ2n) is 4.55. The molecule has 0 fully saturated rings. The molecule has 1 aromatic carbocycles. The number of nitrogen functional groups attached to an aromatic ring is 2. The second kappa shape index (κ2) is 7.67. The van der Waals surface area contributed by atoms with Gasteiger partial charge in [0, 0.05) is 23.9 Å². The van der Waals surface area contributed by atoms with Crippen molar-refractivity contribution in [3.63, 3.8) is 0 Å². The summed E-state index contributed by atoms with van der Waals surface area (Å²) in [6, 6.07) is 3.49. The Morgan fingerprint density at radius 3 is 2.50 bits per heavy atom. The minimum Gasteiger partial charge on any atom is -0.481 e. The Hall–Kier alpha value is -3.03. The lowest BCUT2D eigenvalue weighted by Crippen LogP contribution is -2.40. The summed E-state index contributed by atoms with van der Waals surface area (Å²) in [5.74, 6) is -3.10. The Morgan fingerprint density at radius 2 is 1.91 bits per heavy atom. The number of carboxylic acid groups (broad SMARTS) is 2. The normalized spacial score (nSPS) is 12.0. The molecule has 1 aromatic rings. The number of rotatable bonds is 7. The molecule has 118 valence electrons. The van der Waals surface area contributed by atoms with Crippen molar-refractivity contribution in [2.24, 2.45) is 0 Å². The number of aliphatic carboxylic acids is 2. The summed E-state index contributed by atoms with van der Waals surface area (Å²) in [4.78, 5) is 33.1. The minimum absolute atomic E-state index is 0.204. The molecule has 0 unspecified atom stereocenters. The van der Waals surface area contributed by atoms with Crippen LogP contribution in [0.4, 0.5) is 11.4 Å². The number of nitrogens with two attached hydrogens (primary N) is 2. The highest BCUT2D eigenvalue weighted by Crippen LogP contribution is 2.16. The van der Waals surface area contributed by atoms with Gasteiger partial charge in [0.2, 0.25) is 5.91 Å². The van der Waals surface area contributed by atoms with E-state index in [9.17, 15) is 14.4 Å². The van der Waals surface area contributed by atoms with Crippen molar-refractivity contribution in [2.45, 2.75) is 18.9 Å². The molecular weight excluding hydrogens is 290 g/mol. The van der Waals surface area contributed by atoms with Crippen LogP contribution in [0.2, 0.25) is 0 Å². The topological polar surface area (TPSA) is 156 Å². The molecule has 1 amide bonds. The molecule has 0 radical (unpaired) electrons. The number of carboxylic acids is 2. The Kier molecular flexibility index (Phi) is 5.94. The third-order valence-corrected chi connectivity index (χ3v) is 2.79. The van der Waals surface area contributed by atoms with Gasteiger partial charge >= 0.3 is 11.9 Å². The molecule has 0 aliphatic heterocycles. The van der Waals surface area contributed by atoms with Crippen molar-refractivity contribution in [1.29, 1.82) is 0 Å². The number of carbonyl (C=O) groups is 3. The van der Waals surface area contributed by atoms with Gasteiger partial charge in [-0.25, -0.2) is 4.79 Å². The Balaban J connectivity index is 2.70. The maximum atomic E-state index is 11.7. The third-order valence-electron chi connectivity index (χ3n) is 2.79. The lowest BCUT2D eigenvalue weighted by molar-refractivity contribution is -0.142. The predicted octanol–water partition coefficient (Wildman–Crippen LogP) is 0.298. The summed E-state index contributed by atoms with van der Waals surface area (Å²) in [6.07, 6.45) is 1.95. The summed E-state index contributed by atoms with van der Waals surface area (Å²) >= 11 is 0. The first-order valence-corrected chi connectivity index (χ1v) is 6.37. The fourth-order valence-electron chi connectivity index (χ4n) is 1.65. The first-order valence-electron chi connectivity index (χ1n) is 6.37. The fraction of sp³-hybridized carbons (Fsp3) is 0.214. The van der Waals surface area contributed by atoms with E-state index in [2.05, 4.69) is 5.32 Å². The zero-order valence-electron chi connectivity index (χ0n) is 11.7. The van der Waals surface area contributed by atoms with Crippen LogP contribution in [0.25, 0.3) is 6.08 Å². The minimum atomic E-state index is -1.30. The maximum Gasteiger partial charge on any atom is 0.326 e. The van der Waals surface area contributed by atoms with Crippen LogP contribution in [0, 0.1) is 0 Å². The van der Waals surface area contributed by atoms with E-state index >= 15 is 0 Å². The van der Waals surface area contributed by atoms with Crippen molar-refractivity contribution in [3.8, 4) is 0 Å². The van der Waals surface area contributed by atoms with E-state index in [1.54, 1.807) is 18.2 Å². The van der Waals surface area contributed by atoms with Crippen LogP contribution in [-0.2, 0) is 14.4 Å². The zero-order chi connectivity index (χ0) is 16.7. The predicted molar refractivity (Wildman–Crippen MR) is 80.7 cm³/mol. The largest absolute Gasteiger partial charge is 0.481 e. The van der Waals surface area contributed by atoms with Crippen molar-refractivity contribution >= 4 is 35.3 Å². The lowest BCUT2D eigenvalue weighted by Gasteiger charge is -2.11. The monoisotopic (exact) mass is 307 g/mol. The standard InChI is InChI=1S/C14H17N3O5/c15-9-2-3-10(16)8(7-9)1-5-12(18)17-11(14(21)22)4-6-13(19)20/h1-3,5,7,11H,4,6,15-16H2,(H,17,18)(H,19,20)(H,21,22)/t11-/m0/s1. The number of hydrogen-bond acceptors (Lipinski definition) is 5. The van der Waals surface area contributed by atoms with Crippen LogP contribution >= 0.6 is 0 Å². The molecule has 0 aliphatic carbocycles. The van der Waals surface area contributed by atoms with Gasteiger partial charge in [-0.3, -0.25) is 9.59 Å². The molecule has 0 heterocycles. The van der Waals surface area contributed by atoms with Gasteiger partial charge in [-0.15, -0.1) is 0 Å². The molecule has 0 saturated carbocycles. The van der Waals surface area contributed by atoms with Gasteiger partial charge in [0.25, 0.3) is 0 Å². The molecule has 1 rings (SSSR count). The van der Waals surface area contributed by atoms with Gasteiger partial charge in [0.15, 0.2) is 0 Å². The summed E-state index contributed by atoms with van der Waals surface area (Å²) in [5, 5.41) is 19.7. The molecule has 0 spiro atoms. The Bertz CT molecular complexity index is 612. The first kappa shape index (κ1) is 17.0. The molecule has 0 bridgehead atoms. The number of carbonyl (C=O) groups excluding carboxylic acids is 1. The molecular formula is C14H17N3O5. The van der Waals surface area contributed by atoms with Gasteiger partial charge in [0.05, 0.1) is 0 Å². The van der Waals surface area contributed by atoms with Crippen molar-refractivity contribution in [2.75, 3.05) is 11.5 Å². The van der Waals surface area contributed by atoms with Crippen molar-refractivity contribution < 1.29 is 24.6 Å². The number of nitrogens with one attached hydrogen (secondary N) is 1. The summed E-state index contributed by atoms with van der Waals surface area (Å²) in [7, 11) is 0. The van der Waals surface area contributed by atoms with Crippen molar-refractivity contribution in [3.05, 3.63) is 29.8 Å². The van der Waals surface area contributed by atoms with E-state index < -0.39 is 23.9 Å². The van der Waals surface area contributed by atoms with Crippen LogP contribution < -0.4 is 16.8 Å². The summed E-state index contributed by atoms with van der Waals surface area (Å²) < 4.78 is 0. The highest BCUT2D eigenvalue weighted by Gasteiger charge is 2.19. The van der Waals surface area contributed by atoms with E-state index in [-0.39, 0.29) is 12.8 Å². The van der Waals surface area contributed by atoms with Gasteiger partial charge in [-0.1, -0.05) is 0 Å². The fourth-order valence-corrected chi connectivity index (χ4v) is 1.65. The third kappa shape index (κ3) is 5.53. The lowest BCUT2D eigenvalue weighted by atomic mass is 10.1. The summed E-state index contributed by atoms with van der Waals surface area (Å²) in [6.45, 7) is 0. The SMILES string of the molecule is Nc1ccc(N)c(C=CC(=O)N[C@@H](CCC(=O)O)C(=O)O)c1. The number of benzene rings is 1. The van der Waals surface area contributed by atoms with E-state index in [0.717, 1.165) is 6.08 Å². The van der Waals surface area contributed by atoms with Crippen LogP contribution in [-0.4, -0.2) is 34.1 Å². The first-order chi connectivity index (χ1) is 10.3.